The molecule has 0 N–H and O–H groups in total. The van der Waals surface area contributed by atoms with Crippen LogP contribution in [0.4, 0.5) is 0 Å². The molecule has 0 aliphatic carbocycles. The Hall–Kier alpha value is -0.260. The molecule has 0 aromatic rings. The molecule has 7 heavy (non-hydrogen) atoms. The molecule has 0 aliphatic heterocycles. The van der Waals surface area contributed by atoms with Crippen LogP contribution in [0.5, 0.6) is 0 Å². The summed E-state index contributed by atoms with van der Waals surface area (Å²) >= 11 is 0. The third kappa shape index (κ3) is 5.74. The zero-order valence-corrected chi connectivity index (χ0v) is 4.98. The fourth-order valence-electron chi connectivity index (χ4n) is 0.512. The van der Waals surface area contributed by atoms with Crippen molar-refractivity contribution in [3.63, 3.8) is 0 Å². The van der Waals surface area contributed by atoms with E-state index in [4.69, 9.17) is 6.58 Å². The van der Waals surface area contributed by atoms with E-state index in [0.29, 0.717) is 0 Å². The van der Waals surface area contributed by atoms with Crippen molar-refractivity contribution in [3.8, 4) is 0 Å². The summed E-state index contributed by atoms with van der Waals surface area (Å²) < 4.78 is 0. The summed E-state index contributed by atoms with van der Waals surface area (Å²) in [6, 6.07) is 0. The maximum Gasteiger partial charge on any atom is -0.0348 e. The van der Waals surface area contributed by atoms with Gasteiger partial charge in [0.25, 0.3) is 0 Å². The van der Waals surface area contributed by atoms with Crippen LogP contribution in [0.3, 0.4) is 0 Å². The first-order chi connectivity index (χ1) is 3.41. The van der Waals surface area contributed by atoms with Gasteiger partial charge in [-0.1, -0.05) is 32.4 Å². The predicted molar refractivity (Wildman–Crippen MR) is 33.0 cm³/mol. The molecule has 0 unspecified atom stereocenters. The van der Waals surface area contributed by atoms with Gasteiger partial charge < -0.3 is 0 Å². The van der Waals surface area contributed by atoms with E-state index in [1.54, 1.807) is 6.08 Å². The fourth-order valence-corrected chi connectivity index (χ4v) is 0.512. The van der Waals surface area contributed by atoms with Crippen molar-refractivity contribution in [2.75, 3.05) is 0 Å². The minimum atomic E-state index is 1.08. The Morgan fingerprint density at radius 2 is 2.14 bits per heavy atom. The Morgan fingerprint density at radius 3 is 2.57 bits per heavy atom. The van der Waals surface area contributed by atoms with Crippen molar-refractivity contribution in [1.29, 1.82) is 0 Å². The Morgan fingerprint density at radius 1 is 1.43 bits per heavy atom. The predicted octanol–water partition coefficient (Wildman–Crippen LogP) is 2.56. The molecule has 0 heterocycles. The van der Waals surface area contributed by atoms with Gasteiger partial charge in [-0.3, -0.25) is 0 Å². The molecule has 0 saturated carbocycles. The maximum absolute atomic E-state index is 5.14. The van der Waals surface area contributed by atoms with Crippen molar-refractivity contribution < 1.29 is 0 Å². The van der Waals surface area contributed by atoms with E-state index in [1.165, 1.54) is 19.3 Å². The summed E-state index contributed by atoms with van der Waals surface area (Å²) in [4.78, 5) is 0. The van der Waals surface area contributed by atoms with Gasteiger partial charge in [0.05, 0.1) is 0 Å². The standard InChI is InChI=1S/C7H13/c1-3-5-7-6-4-2/h1,3H,4-7H2,2H3. The molecule has 0 bridgehead atoms. The highest BCUT2D eigenvalue weighted by molar-refractivity contribution is 4.60. The first-order valence-electron chi connectivity index (χ1n) is 2.95. The lowest BCUT2D eigenvalue weighted by Gasteiger charge is -1.87. The quantitative estimate of drug-likeness (QED) is 0.473. The molecule has 0 aromatic carbocycles. The molecule has 0 spiro atoms. The van der Waals surface area contributed by atoms with Crippen molar-refractivity contribution >= 4 is 0 Å². The van der Waals surface area contributed by atoms with Crippen molar-refractivity contribution in [2.24, 2.45) is 0 Å². The Bertz CT molecular complexity index is 37.3. The lowest BCUT2D eigenvalue weighted by atomic mass is 10.2. The van der Waals surface area contributed by atoms with Crippen molar-refractivity contribution in [3.05, 3.63) is 12.7 Å². The lowest BCUT2D eigenvalue weighted by Crippen LogP contribution is -1.68. The number of hydrogen-bond donors (Lipinski definition) is 0. The minimum absolute atomic E-state index is 1.08. The molecule has 0 amide bonds. The number of hydrogen-bond acceptors (Lipinski definition) is 0. The van der Waals surface area contributed by atoms with E-state index in [0.717, 1.165) is 6.42 Å². The van der Waals surface area contributed by atoms with Crippen LogP contribution in [-0.4, -0.2) is 0 Å². The van der Waals surface area contributed by atoms with Crippen LogP contribution in [0.2, 0.25) is 0 Å². The highest BCUT2D eigenvalue weighted by atomic mass is 13.8. The highest BCUT2D eigenvalue weighted by Crippen LogP contribution is 1.97. The molecule has 0 nitrogen and oxygen atoms in total. The molecule has 0 aromatic heterocycles. The topological polar surface area (TPSA) is 0 Å². The SMILES string of the molecule is [CH]=CCCCCC. The van der Waals surface area contributed by atoms with Crippen LogP contribution < -0.4 is 0 Å². The zero-order valence-electron chi connectivity index (χ0n) is 4.98. The van der Waals surface area contributed by atoms with E-state index in [1.807, 2.05) is 0 Å². The van der Waals surface area contributed by atoms with Gasteiger partial charge in [0.15, 0.2) is 0 Å². The van der Waals surface area contributed by atoms with E-state index in [-0.39, 0.29) is 0 Å². The molecular weight excluding hydrogens is 84.1 g/mol. The maximum atomic E-state index is 5.14. The van der Waals surface area contributed by atoms with Crippen LogP contribution in [-0.2, 0) is 0 Å². The Kier molecular flexibility index (Phi) is 5.53. The molecule has 41 valence electrons. The van der Waals surface area contributed by atoms with Gasteiger partial charge in [-0.05, 0) is 12.8 Å². The molecule has 0 rings (SSSR count). The average molecular weight is 97.2 g/mol. The van der Waals surface area contributed by atoms with Crippen LogP contribution in [0.1, 0.15) is 32.6 Å². The van der Waals surface area contributed by atoms with E-state index < -0.39 is 0 Å². The summed E-state index contributed by atoms with van der Waals surface area (Å²) in [5, 5.41) is 0. The van der Waals surface area contributed by atoms with Gasteiger partial charge in [0.2, 0.25) is 0 Å². The number of allylic oxidation sites excluding steroid dienone is 1. The third-order valence-electron chi connectivity index (χ3n) is 0.974. The fraction of sp³-hybridized carbons (Fsp3) is 0.714. The summed E-state index contributed by atoms with van der Waals surface area (Å²) in [7, 11) is 0. The smallest absolute Gasteiger partial charge is 0.0348 e. The monoisotopic (exact) mass is 97.1 g/mol. The van der Waals surface area contributed by atoms with Crippen molar-refractivity contribution in [2.45, 2.75) is 32.6 Å². The molecule has 0 aliphatic rings. The van der Waals surface area contributed by atoms with E-state index >= 15 is 0 Å². The van der Waals surface area contributed by atoms with Gasteiger partial charge in [0.1, 0.15) is 0 Å². The second kappa shape index (κ2) is 5.74. The highest BCUT2D eigenvalue weighted by Gasteiger charge is 1.77. The summed E-state index contributed by atoms with van der Waals surface area (Å²) in [6.07, 6.45) is 6.66. The summed E-state index contributed by atoms with van der Waals surface area (Å²) in [6.45, 7) is 7.34. The number of rotatable bonds is 4. The molecule has 1 radical (unpaired) electrons. The first-order valence-corrected chi connectivity index (χ1v) is 2.95. The van der Waals surface area contributed by atoms with Crippen LogP contribution in [0, 0.1) is 6.58 Å². The van der Waals surface area contributed by atoms with Gasteiger partial charge in [-0.2, -0.15) is 0 Å². The second-order valence-electron chi connectivity index (χ2n) is 1.73. The second-order valence-corrected chi connectivity index (χ2v) is 1.73. The summed E-state index contributed by atoms with van der Waals surface area (Å²) in [5.74, 6) is 0. The van der Waals surface area contributed by atoms with E-state index in [9.17, 15) is 0 Å². The molecule has 0 fully saturated rings. The van der Waals surface area contributed by atoms with Gasteiger partial charge >= 0.3 is 0 Å². The lowest BCUT2D eigenvalue weighted by molar-refractivity contribution is 0.729. The molecule has 0 saturated heterocycles. The van der Waals surface area contributed by atoms with Gasteiger partial charge in [-0.25, -0.2) is 0 Å². The third-order valence-corrected chi connectivity index (χ3v) is 0.974. The van der Waals surface area contributed by atoms with E-state index in [2.05, 4.69) is 6.92 Å². The van der Waals surface area contributed by atoms with Crippen LogP contribution in [0.25, 0.3) is 0 Å². The normalized spacial score (nSPS) is 8.71. The largest absolute Gasteiger partial charge is 0.0845 e. The Labute approximate surface area is 46.2 Å². The molecular formula is C7H13. The van der Waals surface area contributed by atoms with Crippen molar-refractivity contribution in [1.82, 2.24) is 0 Å². The zero-order chi connectivity index (χ0) is 5.54. The minimum Gasteiger partial charge on any atom is -0.0845 e. The first kappa shape index (κ1) is 6.74. The van der Waals surface area contributed by atoms with Gasteiger partial charge in [-0.15, -0.1) is 0 Å². The molecule has 0 heteroatoms. The van der Waals surface area contributed by atoms with Crippen LogP contribution >= 0.6 is 0 Å². The van der Waals surface area contributed by atoms with Gasteiger partial charge in [0, 0.05) is 0 Å². The Balaban J connectivity index is 2.56. The average Bonchev–Trinajstić information content (AvgIpc) is 1.69. The number of unbranched alkanes of at least 4 members (excludes halogenated alkanes) is 3. The summed E-state index contributed by atoms with van der Waals surface area (Å²) in [5.41, 5.74) is 0. The molecule has 0 atom stereocenters. The van der Waals surface area contributed by atoms with Crippen LogP contribution in [0.15, 0.2) is 6.08 Å².